The van der Waals surface area contributed by atoms with Crippen molar-refractivity contribution in [1.82, 2.24) is 23.9 Å². The van der Waals surface area contributed by atoms with Gasteiger partial charge in [0.15, 0.2) is 0 Å². The summed E-state index contributed by atoms with van der Waals surface area (Å²) in [6.07, 6.45) is 5.13. The predicted octanol–water partition coefficient (Wildman–Crippen LogP) is 0.965. The van der Waals surface area contributed by atoms with E-state index in [0.717, 1.165) is 12.4 Å². The Bertz CT molecular complexity index is 563. The number of aromatic nitrogens is 5. The first-order chi connectivity index (χ1) is 8.61. The molecule has 98 valence electrons. The van der Waals surface area contributed by atoms with Crippen LogP contribution in [0.5, 0.6) is 0 Å². The van der Waals surface area contributed by atoms with Crippen LogP contribution in [0.3, 0.4) is 0 Å². The Balaban J connectivity index is 2.21. The van der Waals surface area contributed by atoms with Crippen LogP contribution < -0.4 is 5.69 Å². The molecule has 0 N–H and O–H groups in total. The van der Waals surface area contributed by atoms with Crippen LogP contribution in [0.1, 0.15) is 26.6 Å². The number of aryl methyl sites for hydroxylation is 1. The number of imidazole rings is 1. The van der Waals surface area contributed by atoms with Gasteiger partial charge in [-0.1, -0.05) is 13.8 Å². The molecule has 2 aromatic rings. The lowest BCUT2D eigenvalue weighted by atomic mass is 10.2. The van der Waals surface area contributed by atoms with Crippen molar-refractivity contribution in [2.45, 2.75) is 40.4 Å². The fourth-order valence-electron chi connectivity index (χ4n) is 1.88. The van der Waals surface area contributed by atoms with Gasteiger partial charge in [0.2, 0.25) is 0 Å². The highest BCUT2D eigenvalue weighted by atomic mass is 16.1. The van der Waals surface area contributed by atoms with Gasteiger partial charge in [0.05, 0.1) is 6.54 Å². The van der Waals surface area contributed by atoms with E-state index in [4.69, 9.17) is 0 Å². The lowest BCUT2D eigenvalue weighted by Gasteiger charge is -2.08. The molecule has 0 aliphatic rings. The average Bonchev–Trinajstić information content (AvgIpc) is 2.88. The summed E-state index contributed by atoms with van der Waals surface area (Å²) in [7, 11) is 0. The molecule has 0 aromatic carbocycles. The first-order valence-corrected chi connectivity index (χ1v) is 6.24. The summed E-state index contributed by atoms with van der Waals surface area (Å²) in [6.45, 7) is 8.19. The Morgan fingerprint density at radius 2 is 2.00 bits per heavy atom. The topological polar surface area (TPSA) is 57.6 Å². The molecule has 0 aliphatic heterocycles. The quantitative estimate of drug-likeness (QED) is 0.793. The second-order valence-electron chi connectivity index (χ2n) is 4.75. The van der Waals surface area contributed by atoms with Crippen LogP contribution in [0.15, 0.2) is 23.5 Å². The standard InChI is InChI=1S/C12H19N5O/c1-4-15-5-6-16(12(15)18)8-11-13-9-14-17(11)7-10(2)3/h5-6,9-10H,4,7-8H2,1-3H3. The van der Waals surface area contributed by atoms with Gasteiger partial charge in [-0.25, -0.2) is 14.5 Å². The monoisotopic (exact) mass is 249 g/mol. The molecular formula is C12H19N5O. The first kappa shape index (κ1) is 12.6. The van der Waals surface area contributed by atoms with Crippen molar-refractivity contribution in [2.24, 2.45) is 5.92 Å². The fraction of sp³-hybridized carbons (Fsp3) is 0.583. The van der Waals surface area contributed by atoms with E-state index >= 15 is 0 Å². The first-order valence-electron chi connectivity index (χ1n) is 6.24. The molecule has 2 heterocycles. The number of hydrogen-bond donors (Lipinski definition) is 0. The molecule has 18 heavy (non-hydrogen) atoms. The lowest BCUT2D eigenvalue weighted by molar-refractivity contribution is 0.459. The van der Waals surface area contributed by atoms with Crippen molar-refractivity contribution in [3.8, 4) is 0 Å². The van der Waals surface area contributed by atoms with Gasteiger partial charge in [0.25, 0.3) is 0 Å². The summed E-state index contributed by atoms with van der Waals surface area (Å²) in [6, 6.07) is 0. The molecule has 0 fully saturated rings. The van der Waals surface area contributed by atoms with Crippen molar-refractivity contribution in [1.29, 1.82) is 0 Å². The predicted molar refractivity (Wildman–Crippen MR) is 68.3 cm³/mol. The van der Waals surface area contributed by atoms with Gasteiger partial charge in [-0.05, 0) is 12.8 Å². The normalized spacial score (nSPS) is 11.3. The average molecular weight is 249 g/mol. The molecule has 0 unspecified atom stereocenters. The zero-order valence-electron chi connectivity index (χ0n) is 11.1. The second kappa shape index (κ2) is 5.20. The van der Waals surface area contributed by atoms with E-state index in [0.29, 0.717) is 19.0 Å². The molecule has 0 spiro atoms. The number of nitrogens with zero attached hydrogens (tertiary/aromatic N) is 5. The molecule has 2 aromatic heterocycles. The van der Waals surface area contributed by atoms with Crippen molar-refractivity contribution in [3.05, 3.63) is 35.0 Å². The van der Waals surface area contributed by atoms with Gasteiger partial charge in [0.1, 0.15) is 12.2 Å². The van der Waals surface area contributed by atoms with Crippen molar-refractivity contribution < 1.29 is 0 Å². The van der Waals surface area contributed by atoms with E-state index in [1.807, 2.05) is 11.6 Å². The van der Waals surface area contributed by atoms with E-state index in [9.17, 15) is 4.79 Å². The van der Waals surface area contributed by atoms with Gasteiger partial charge in [-0.15, -0.1) is 0 Å². The van der Waals surface area contributed by atoms with Crippen molar-refractivity contribution in [2.75, 3.05) is 0 Å². The van der Waals surface area contributed by atoms with E-state index in [-0.39, 0.29) is 5.69 Å². The highest BCUT2D eigenvalue weighted by Crippen LogP contribution is 2.02. The SMILES string of the molecule is CCn1ccn(Cc2ncnn2CC(C)C)c1=O. The van der Waals surface area contributed by atoms with E-state index in [2.05, 4.69) is 23.9 Å². The minimum atomic E-state index is -0.00315. The van der Waals surface area contributed by atoms with Crippen LogP contribution in [0.25, 0.3) is 0 Å². The third-order valence-electron chi connectivity index (χ3n) is 2.80. The molecule has 6 nitrogen and oxygen atoms in total. The molecule has 2 rings (SSSR count). The molecule has 0 atom stereocenters. The number of rotatable bonds is 5. The Morgan fingerprint density at radius 1 is 1.28 bits per heavy atom. The number of hydrogen-bond acceptors (Lipinski definition) is 3. The zero-order valence-corrected chi connectivity index (χ0v) is 11.1. The maximum absolute atomic E-state index is 11.9. The van der Waals surface area contributed by atoms with Crippen LogP contribution in [0, 0.1) is 5.92 Å². The van der Waals surface area contributed by atoms with E-state index in [1.54, 1.807) is 27.9 Å². The summed E-state index contributed by atoms with van der Waals surface area (Å²) in [5.41, 5.74) is -0.00315. The highest BCUT2D eigenvalue weighted by molar-refractivity contribution is 4.90. The fourth-order valence-corrected chi connectivity index (χ4v) is 1.88. The molecule has 0 aliphatic carbocycles. The third kappa shape index (κ3) is 2.52. The Morgan fingerprint density at radius 3 is 2.61 bits per heavy atom. The molecule has 0 saturated carbocycles. The minimum Gasteiger partial charge on any atom is -0.300 e. The molecule has 0 radical (unpaired) electrons. The maximum Gasteiger partial charge on any atom is 0.328 e. The largest absolute Gasteiger partial charge is 0.328 e. The van der Waals surface area contributed by atoms with Gasteiger partial charge in [-0.2, -0.15) is 5.10 Å². The van der Waals surface area contributed by atoms with Crippen LogP contribution in [0.4, 0.5) is 0 Å². The van der Waals surface area contributed by atoms with E-state index < -0.39 is 0 Å². The second-order valence-corrected chi connectivity index (χ2v) is 4.75. The smallest absolute Gasteiger partial charge is 0.300 e. The zero-order chi connectivity index (χ0) is 13.1. The summed E-state index contributed by atoms with van der Waals surface area (Å²) < 4.78 is 5.19. The van der Waals surface area contributed by atoms with Crippen LogP contribution in [-0.2, 0) is 19.6 Å². The Kier molecular flexibility index (Phi) is 3.64. The third-order valence-corrected chi connectivity index (χ3v) is 2.80. The summed E-state index contributed by atoms with van der Waals surface area (Å²) in [5, 5.41) is 4.19. The van der Waals surface area contributed by atoms with E-state index in [1.165, 1.54) is 0 Å². The van der Waals surface area contributed by atoms with Crippen LogP contribution in [0.2, 0.25) is 0 Å². The highest BCUT2D eigenvalue weighted by Gasteiger charge is 2.09. The van der Waals surface area contributed by atoms with Gasteiger partial charge >= 0.3 is 5.69 Å². The minimum absolute atomic E-state index is 0.00315. The lowest BCUT2D eigenvalue weighted by Crippen LogP contribution is -2.25. The Hall–Kier alpha value is -1.85. The summed E-state index contributed by atoms with van der Waals surface area (Å²) in [5.74, 6) is 1.32. The van der Waals surface area contributed by atoms with Gasteiger partial charge in [0, 0.05) is 25.5 Å². The summed E-state index contributed by atoms with van der Waals surface area (Å²) in [4.78, 5) is 16.2. The molecular weight excluding hydrogens is 230 g/mol. The van der Waals surface area contributed by atoms with Crippen molar-refractivity contribution in [3.63, 3.8) is 0 Å². The Labute approximate surface area is 106 Å². The van der Waals surface area contributed by atoms with Gasteiger partial charge < -0.3 is 0 Å². The maximum atomic E-state index is 11.9. The molecule has 0 amide bonds. The molecule has 0 saturated heterocycles. The van der Waals surface area contributed by atoms with Crippen LogP contribution in [-0.4, -0.2) is 23.9 Å². The summed E-state index contributed by atoms with van der Waals surface area (Å²) >= 11 is 0. The molecule has 6 heteroatoms. The van der Waals surface area contributed by atoms with Gasteiger partial charge in [-0.3, -0.25) is 9.13 Å². The van der Waals surface area contributed by atoms with Crippen molar-refractivity contribution >= 4 is 0 Å². The van der Waals surface area contributed by atoms with Crippen LogP contribution >= 0.6 is 0 Å². The molecule has 0 bridgehead atoms.